The van der Waals surface area contributed by atoms with Crippen molar-refractivity contribution < 1.29 is 29.3 Å². The number of ether oxygens (including phenoxy) is 2. The van der Waals surface area contributed by atoms with Crippen molar-refractivity contribution in [3.8, 4) is 0 Å². The molecule has 2 N–H and O–H groups in total. The molecule has 0 saturated heterocycles. The average molecular weight is 520 g/mol. The summed E-state index contributed by atoms with van der Waals surface area (Å²) < 4.78 is 11.5. The monoisotopic (exact) mass is 519 g/mol. The molecule has 2 aliphatic rings. The molecule has 9 nitrogen and oxygen atoms in total. The Labute approximate surface area is 222 Å². The van der Waals surface area contributed by atoms with Gasteiger partial charge in [0.25, 0.3) is 0 Å². The number of carbonyl (C=O) groups is 2. The van der Waals surface area contributed by atoms with E-state index in [1.54, 1.807) is 37.2 Å². The van der Waals surface area contributed by atoms with Crippen molar-refractivity contribution in [2.24, 2.45) is 5.41 Å². The van der Waals surface area contributed by atoms with Gasteiger partial charge in [0.1, 0.15) is 30.6 Å². The predicted molar refractivity (Wildman–Crippen MR) is 140 cm³/mol. The molecule has 0 saturated carbocycles. The van der Waals surface area contributed by atoms with Crippen LogP contribution in [0.2, 0.25) is 0 Å². The normalized spacial score (nSPS) is 17.1. The number of allylic oxidation sites excluding steroid dienone is 3. The van der Waals surface area contributed by atoms with Crippen molar-refractivity contribution in [3.63, 3.8) is 0 Å². The molecule has 0 amide bonds. The molecule has 0 unspecified atom stereocenters. The van der Waals surface area contributed by atoms with Crippen molar-refractivity contribution in [2.75, 3.05) is 13.2 Å². The minimum Gasteiger partial charge on any atom is -0.494 e. The second kappa shape index (κ2) is 11.1. The topological polar surface area (TPSA) is 122 Å². The number of hydrogen-bond donors (Lipinski definition) is 2. The molecule has 0 bridgehead atoms. The maximum absolute atomic E-state index is 13.0. The number of aryl methyl sites for hydroxylation is 2. The van der Waals surface area contributed by atoms with Crippen LogP contribution in [0, 0.1) is 5.41 Å². The second-order valence-electron chi connectivity index (χ2n) is 9.42. The number of aliphatic carboxylic acids is 2. The van der Waals surface area contributed by atoms with Crippen molar-refractivity contribution in [1.29, 1.82) is 0 Å². The summed E-state index contributed by atoms with van der Waals surface area (Å²) in [5.41, 5.74) is 2.29. The predicted octanol–water partition coefficient (Wildman–Crippen LogP) is 4.25. The minimum atomic E-state index is -1.66. The highest BCUT2D eigenvalue weighted by Gasteiger charge is 2.55. The maximum atomic E-state index is 13.0. The Bertz CT molecular complexity index is 1270. The lowest BCUT2D eigenvalue weighted by Crippen LogP contribution is -2.46. The van der Waals surface area contributed by atoms with Crippen molar-refractivity contribution in [2.45, 2.75) is 53.5 Å². The third-order valence-corrected chi connectivity index (χ3v) is 7.24. The number of rotatable bonds is 9. The number of carboxylic acid groups (broad SMARTS) is 2. The fourth-order valence-electron chi connectivity index (χ4n) is 5.24. The molecule has 4 heterocycles. The van der Waals surface area contributed by atoms with Crippen LogP contribution in [0.25, 0.3) is 0 Å². The van der Waals surface area contributed by atoms with E-state index in [2.05, 4.69) is 9.97 Å². The molecule has 0 aliphatic carbocycles. The third-order valence-electron chi connectivity index (χ3n) is 7.24. The van der Waals surface area contributed by atoms with Crippen LogP contribution in [0.15, 0.2) is 71.2 Å². The summed E-state index contributed by atoms with van der Waals surface area (Å²) in [6.45, 7) is 8.10. The van der Waals surface area contributed by atoms with Crippen LogP contribution in [-0.2, 0) is 44.9 Å². The quantitative estimate of drug-likeness (QED) is 0.500. The second-order valence-corrected chi connectivity index (χ2v) is 9.42. The fourth-order valence-corrected chi connectivity index (χ4v) is 5.24. The highest BCUT2D eigenvalue weighted by atomic mass is 16.6. The molecule has 2 aliphatic heterocycles. The summed E-state index contributed by atoms with van der Waals surface area (Å²) in [5, 5.41) is 21.2. The van der Waals surface area contributed by atoms with Gasteiger partial charge >= 0.3 is 11.9 Å². The summed E-state index contributed by atoms with van der Waals surface area (Å²) in [6.07, 6.45) is 6.46. The van der Waals surface area contributed by atoms with Crippen LogP contribution in [0.3, 0.4) is 0 Å². The van der Waals surface area contributed by atoms with Gasteiger partial charge in [-0.1, -0.05) is 26.0 Å². The molecule has 2 aromatic rings. The molecule has 0 spiro atoms. The Kier molecular flexibility index (Phi) is 7.85. The highest BCUT2D eigenvalue weighted by Crippen LogP contribution is 2.53. The summed E-state index contributed by atoms with van der Waals surface area (Å²) in [4.78, 5) is 36.8. The van der Waals surface area contributed by atoms with Crippen LogP contribution in [0.5, 0.6) is 0 Å². The van der Waals surface area contributed by atoms with Gasteiger partial charge in [-0.25, -0.2) is 9.59 Å². The smallest absolute Gasteiger partial charge is 0.334 e. The highest BCUT2D eigenvalue weighted by molar-refractivity contribution is 5.99. The van der Waals surface area contributed by atoms with Gasteiger partial charge in [0.15, 0.2) is 0 Å². The van der Waals surface area contributed by atoms with Crippen LogP contribution >= 0.6 is 0 Å². The first kappa shape index (κ1) is 26.9. The zero-order valence-corrected chi connectivity index (χ0v) is 22.2. The van der Waals surface area contributed by atoms with Crippen molar-refractivity contribution in [1.82, 2.24) is 14.9 Å². The van der Waals surface area contributed by atoms with Gasteiger partial charge in [-0.2, -0.15) is 0 Å². The largest absolute Gasteiger partial charge is 0.494 e. The molecular weight excluding hydrogens is 486 g/mol. The molecule has 4 rings (SSSR count). The van der Waals surface area contributed by atoms with Crippen LogP contribution in [-0.4, -0.2) is 50.2 Å². The summed E-state index contributed by atoms with van der Waals surface area (Å²) in [5.74, 6) is -2.34. The van der Waals surface area contributed by atoms with E-state index in [1.807, 2.05) is 32.0 Å². The number of aromatic nitrogens is 2. The SMILES string of the molecule is CCc1ccc(CN2C(C)=C(C(=O)O)C(Cc3ccc(CC)cn3)(C3=COCCO3)C(C(=O)O)=C2C)nc1. The molecule has 38 heavy (non-hydrogen) atoms. The van der Waals surface area contributed by atoms with Crippen LogP contribution in [0.1, 0.15) is 50.2 Å². The lowest BCUT2D eigenvalue weighted by Gasteiger charge is -2.45. The molecule has 0 atom stereocenters. The van der Waals surface area contributed by atoms with E-state index < -0.39 is 17.4 Å². The van der Waals surface area contributed by atoms with Gasteiger partial charge in [-0.15, -0.1) is 0 Å². The maximum Gasteiger partial charge on any atom is 0.334 e. The number of pyridine rings is 2. The van der Waals surface area contributed by atoms with E-state index >= 15 is 0 Å². The van der Waals surface area contributed by atoms with E-state index in [4.69, 9.17) is 9.47 Å². The first-order valence-electron chi connectivity index (χ1n) is 12.7. The van der Waals surface area contributed by atoms with Gasteiger partial charge < -0.3 is 24.6 Å². The summed E-state index contributed by atoms with van der Waals surface area (Å²) in [6, 6.07) is 7.56. The lowest BCUT2D eigenvalue weighted by molar-refractivity contribution is -0.136. The Balaban J connectivity index is 1.94. The standard InChI is InChI=1S/C29H33N3O6/c1-5-20-7-9-22(30-14-20)13-29(24-17-37-11-12-38-24)25(27(33)34)18(3)32(19(4)26(29)28(35)36)16-23-10-8-21(6-2)15-31-23/h7-10,14-15,17H,5-6,11-13,16H2,1-4H3,(H,33,34)(H,35,36). The zero-order chi connectivity index (χ0) is 27.4. The van der Waals surface area contributed by atoms with Gasteiger partial charge in [0, 0.05) is 35.9 Å². The van der Waals surface area contributed by atoms with E-state index in [0.29, 0.717) is 22.8 Å². The minimum absolute atomic E-state index is 0.0264. The van der Waals surface area contributed by atoms with E-state index in [9.17, 15) is 19.8 Å². The van der Waals surface area contributed by atoms with Crippen molar-refractivity contribution >= 4 is 11.9 Å². The van der Waals surface area contributed by atoms with E-state index in [-0.39, 0.29) is 43.1 Å². The van der Waals surface area contributed by atoms with Crippen LogP contribution in [0.4, 0.5) is 0 Å². The molecule has 2 aromatic heterocycles. The number of carboxylic acids is 2. The van der Waals surface area contributed by atoms with Gasteiger partial charge in [0.2, 0.25) is 0 Å². The zero-order valence-electron chi connectivity index (χ0n) is 22.2. The molecule has 0 fully saturated rings. The fraction of sp³-hybridized carbons (Fsp3) is 0.379. The first-order valence-corrected chi connectivity index (χ1v) is 12.7. The summed E-state index contributed by atoms with van der Waals surface area (Å²) >= 11 is 0. The molecule has 0 radical (unpaired) electrons. The third kappa shape index (κ3) is 4.88. The molecular formula is C29H33N3O6. The van der Waals surface area contributed by atoms with Gasteiger partial charge in [0.05, 0.1) is 23.4 Å². The molecule has 9 heteroatoms. The van der Waals surface area contributed by atoms with Crippen molar-refractivity contribution in [3.05, 3.63) is 93.7 Å². The Morgan fingerprint density at radius 2 is 1.45 bits per heavy atom. The van der Waals surface area contributed by atoms with E-state index in [1.165, 1.54) is 6.26 Å². The van der Waals surface area contributed by atoms with Crippen LogP contribution < -0.4 is 0 Å². The number of hydrogen-bond acceptors (Lipinski definition) is 7. The van der Waals surface area contributed by atoms with Gasteiger partial charge in [-0.3, -0.25) is 9.97 Å². The number of nitrogens with zero attached hydrogens (tertiary/aromatic N) is 3. The Morgan fingerprint density at radius 3 is 1.87 bits per heavy atom. The Hall–Kier alpha value is -4.14. The van der Waals surface area contributed by atoms with Gasteiger partial charge in [-0.05, 0) is 49.9 Å². The first-order chi connectivity index (χ1) is 18.2. The Morgan fingerprint density at radius 1 is 0.895 bits per heavy atom. The lowest BCUT2D eigenvalue weighted by atomic mass is 9.65. The average Bonchev–Trinajstić information content (AvgIpc) is 2.91. The molecule has 0 aromatic carbocycles. The summed E-state index contributed by atoms with van der Waals surface area (Å²) in [7, 11) is 0. The van der Waals surface area contributed by atoms with E-state index in [0.717, 1.165) is 24.0 Å². The molecule has 200 valence electrons.